The van der Waals surface area contributed by atoms with E-state index in [0.29, 0.717) is 12.0 Å². The molecule has 136 valence electrons. The largest absolute Gasteiger partial charge is 0.481 e. The highest BCUT2D eigenvalue weighted by Crippen LogP contribution is 2.38. The van der Waals surface area contributed by atoms with Crippen molar-refractivity contribution in [3.05, 3.63) is 69.8 Å². The molecule has 0 amide bonds. The number of benzene rings is 2. The maximum Gasteiger partial charge on any atom is 0.305 e. The van der Waals surface area contributed by atoms with E-state index in [1.165, 1.54) is 18.2 Å². The molecule has 8 nitrogen and oxygen atoms in total. The number of carboxylic acids is 1. The summed E-state index contributed by atoms with van der Waals surface area (Å²) in [5.41, 5.74) is 0.969. The second-order valence-electron chi connectivity index (χ2n) is 5.90. The van der Waals surface area contributed by atoms with Crippen LogP contribution in [0.2, 0.25) is 0 Å². The SMILES string of the molecule is O=C(O)CC1c2ccccc2CCN1S(=O)(=O)c1ccccc1[N+](=O)[O-]. The fourth-order valence-corrected chi connectivity index (χ4v) is 5.01. The number of para-hydroxylation sites is 1. The van der Waals surface area contributed by atoms with Crippen molar-refractivity contribution in [2.75, 3.05) is 6.54 Å². The predicted octanol–water partition coefficient (Wildman–Crippen LogP) is 2.36. The van der Waals surface area contributed by atoms with Gasteiger partial charge in [-0.2, -0.15) is 4.31 Å². The summed E-state index contributed by atoms with van der Waals surface area (Å²) >= 11 is 0. The van der Waals surface area contributed by atoms with Crippen LogP contribution in [0.4, 0.5) is 5.69 Å². The molecule has 2 aromatic carbocycles. The fraction of sp³-hybridized carbons (Fsp3) is 0.235. The van der Waals surface area contributed by atoms with Crippen LogP contribution < -0.4 is 0 Å². The molecule has 1 unspecified atom stereocenters. The molecule has 1 aliphatic heterocycles. The summed E-state index contributed by atoms with van der Waals surface area (Å²) in [5, 5.41) is 20.5. The van der Waals surface area contributed by atoms with Gasteiger partial charge >= 0.3 is 5.97 Å². The number of hydrogen-bond acceptors (Lipinski definition) is 5. The molecule has 1 N–H and O–H groups in total. The molecular weight excluding hydrogens is 360 g/mol. The first-order valence-electron chi connectivity index (χ1n) is 7.87. The van der Waals surface area contributed by atoms with E-state index in [0.717, 1.165) is 15.9 Å². The standard InChI is InChI=1S/C17H16N2O6S/c20-17(21)11-15-13-6-2-1-5-12(13)9-10-18(15)26(24,25)16-8-4-3-7-14(16)19(22)23/h1-8,15H,9-11H2,(H,20,21). The van der Waals surface area contributed by atoms with Crippen molar-refractivity contribution in [3.63, 3.8) is 0 Å². The lowest BCUT2D eigenvalue weighted by Gasteiger charge is -2.35. The van der Waals surface area contributed by atoms with E-state index in [4.69, 9.17) is 0 Å². The van der Waals surface area contributed by atoms with Crippen LogP contribution in [0.15, 0.2) is 53.4 Å². The van der Waals surface area contributed by atoms with Crippen LogP contribution in [-0.2, 0) is 21.2 Å². The quantitative estimate of drug-likeness (QED) is 0.632. The van der Waals surface area contributed by atoms with Gasteiger partial charge < -0.3 is 5.11 Å². The van der Waals surface area contributed by atoms with E-state index in [-0.39, 0.29) is 6.54 Å². The highest BCUT2D eigenvalue weighted by molar-refractivity contribution is 7.89. The van der Waals surface area contributed by atoms with Crippen molar-refractivity contribution >= 4 is 21.7 Å². The Balaban J connectivity index is 2.12. The normalized spacial score (nSPS) is 17.5. The summed E-state index contributed by atoms with van der Waals surface area (Å²) in [5.74, 6) is -1.14. The number of sulfonamides is 1. The van der Waals surface area contributed by atoms with Gasteiger partial charge in [0.2, 0.25) is 10.0 Å². The average molecular weight is 376 g/mol. The van der Waals surface area contributed by atoms with E-state index in [9.17, 15) is 28.4 Å². The summed E-state index contributed by atoms with van der Waals surface area (Å²) in [6.45, 7) is 0.0589. The Morgan fingerprint density at radius 2 is 1.85 bits per heavy atom. The molecule has 2 aromatic rings. The lowest BCUT2D eigenvalue weighted by Crippen LogP contribution is -2.41. The van der Waals surface area contributed by atoms with Crippen LogP contribution in [0.1, 0.15) is 23.6 Å². The zero-order valence-corrected chi connectivity index (χ0v) is 14.4. The Morgan fingerprint density at radius 3 is 2.54 bits per heavy atom. The first kappa shape index (κ1) is 18.0. The van der Waals surface area contributed by atoms with E-state index in [1.54, 1.807) is 12.1 Å². The number of rotatable bonds is 5. The van der Waals surface area contributed by atoms with Crippen molar-refractivity contribution < 1.29 is 23.2 Å². The lowest BCUT2D eigenvalue weighted by atomic mass is 9.92. The van der Waals surface area contributed by atoms with Crippen LogP contribution in [0.25, 0.3) is 0 Å². The minimum atomic E-state index is -4.25. The molecule has 0 aliphatic carbocycles. The molecule has 0 spiro atoms. The number of hydrogen-bond donors (Lipinski definition) is 1. The van der Waals surface area contributed by atoms with Crippen molar-refractivity contribution in [1.82, 2.24) is 4.31 Å². The number of aliphatic carboxylic acids is 1. The lowest BCUT2D eigenvalue weighted by molar-refractivity contribution is -0.387. The zero-order valence-electron chi connectivity index (χ0n) is 13.6. The number of fused-ring (bicyclic) bond motifs is 1. The minimum absolute atomic E-state index is 0.0589. The third kappa shape index (κ3) is 3.18. The van der Waals surface area contributed by atoms with Crippen molar-refractivity contribution in [2.24, 2.45) is 0 Å². The van der Waals surface area contributed by atoms with Gasteiger partial charge in [-0.3, -0.25) is 14.9 Å². The number of nitro benzene ring substituents is 1. The molecule has 0 fully saturated rings. The topological polar surface area (TPSA) is 118 Å². The second-order valence-corrected chi connectivity index (χ2v) is 7.76. The van der Waals surface area contributed by atoms with Crippen molar-refractivity contribution in [3.8, 4) is 0 Å². The smallest absolute Gasteiger partial charge is 0.305 e. The van der Waals surface area contributed by atoms with Gasteiger partial charge in [0, 0.05) is 12.6 Å². The third-order valence-electron chi connectivity index (χ3n) is 4.38. The van der Waals surface area contributed by atoms with Gasteiger partial charge in [0.15, 0.2) is 4.90 Å². The summed E-state index contributed by atoms with van der Waals surface area (Å²) in [6, 6.07) is 11.2. The Labute approximate surface area is 149 Å². The van der Waals surface area contributed by atoms with Crippen LogP contribution in [0, 0.1) is 10.1 Å². The van der Waals surface area contributed by atoms with E-state index < -0.39 is 44.0 Å². The molecule has 26 heavy (non-hydrogen) atoms. The summed E-state index contributed by atoms with van der Waals surface area (Å²) in [7, 11) is -4.25. The highest BCUT2D eigenvalue weighted by atomic mass is 32.2. The van der Waals surface area contributed by atoms with Gasteiger partial charge in [0.05, 0.1) is 17.4 Å². The van der Waals surface area contributed by atoms with Gasteiger partial charge in [-0.25, -0.2) is 8.42 Å². The maximum atomic E-state index is 13.1. The Kier molecular flexibility index (Phi) is 4.75. The second kappa shape index (κ2) is 6.85. The monoisotopic (exact) mass is 376 g/mol. The number of nitrogens with zero attached hydrogens (tertiary/aromatic N) is 2. The van der Waals surface area contributed by atoms with Crippen LogP contribution in [0.5, 0.6) is 0 Å². The zero-order chi connectivity index (χ0) is 18.9. The Morgan fingerprint density at radius 1 is 1.19 bits per heavy atom. The predicted molar refractivity (Wildman–Crippen MR) is 92.1 cm³/mol. The Hall–Kier alpha value is -2.78. The molecule has 0 radical (unpaired) electrons. The molecular formula is C17H16N2O6S. The van der Waals surface area contributed by atoms with Crippen LogP contribution in [0.3, 0.4) is 0 Å². The third-order valence-corrected chi connectivity index (χ3v) is 6.34. The molecule has 0 saturated carbocycles. The van der Waals surface area contributed by atoms with Crippen molar-refractivity contribution in [2.45, 2.75) is 23.8 Å². The number of nitro groups is 1. The maximum absolute atomic E-state index is 13.1. The first-order chi connectivity index (χ1) is 12.3. The molecule has 0 aromatic heterocycles. The van der Waals surface area contributed by atoms with Gasteiger partial charge in [-0.15, -0.1) is 0 Å². The molecule has 3 rings (SSSR count). The van der Waals surface area contributed by atoms with Crippen molar-refractivity contribution in [1.29, 1.82) is 0 Å². The van der Waals surface area contributed by atoms with Gasteiger partial charge in [-0.1, -0.05) is 36.4 Å². The van der Waals surface area contributed by atoms with Crippen LogP contribution >= 0.6 is 0 Å². The molecule has 1 aliphatic rings. The molecule has 1 heterocycles. The van der Waals surface area contributed by atoms with Gasteiger partial charge in [0.25, 0.3) is 5.69 Å². The van der Waals surface area contributed by atoms with Gasteiger partial charge in [0.1, 0.15) is 0 Å². The molecule has 1 atom stereocenters. The highest BCUT2D eigenvalue weighted by Gasteiger charge is 2.40. The number of carbonyl (C=O) groups is 1. The summed E-state index contributed by atoms with van der Waals surface area (Å²) in [6.07, 6.45) is -0.0109. The summed E-state index contributed by atoms with van der Waals surface area (Å²) in [4.78, 5) is 21.4. The molecule has 0 saturated heterocycles. The fourth-order valence-electron chi connectivity index (χ4n) is 3.25. The van der Waals surface area contributed by atoms with E-state index in [2.05, 4.69) is 0 Å². The van der Waals surface area contributed by atoms with Gasteiger partial charge in [-0.05, 0) is 23.6 Å². The minimum Gasteiger partial charge on any atom is -0.481 e. The van der Waals surface area contributed by atoms with Crippen LogP contribution in [-0.4, -0.2) is 35.3 Å². The number of carboxylic acid groups (broad SMARTS) is 1. The summed E-state index contributed by atoms with van der Waals surface area (Å²) < 4.78 is 27.3. The van der Waals surface area contributed by atoms with E-state index >= 15 is 0 Å². The first-order valence-corrected chi connectivity index (χ1v) is 9.31. The Bertz CT molecular complexity index is 973. The molecule has 9 heteroatoms. The molecule has 0 bridgehead atoms. The average Bonchev–Trinajstić information content (AvgIpc) is 2.61. The van der Waals surface area contributed by atoms with E-state index in [1.807, 2.05) is 12.1 Å².